The third-order valence-corrected chi connectivity index (χ3v) is 6.23. The summed E-state index contributed by atoms with van der Waals surface area (Å²) in [6.07, 6.45) is 3.73. The molecule has 2 atom stereocenters. The van der Waals surface area contributed by atoms with Gasteiger partial charge in [0.25, 0.3) is 0 Å². The number of aromatic nitrogens is 2. The van der Waals surface area contributed by atoms with Crippen LogP contribution in [0.25, 0.3) is 21.9 Å². The number of anilines is 3. The van der Waals surface area contributed by atoms with Gasteiger partial charge in [-0.25, -0.2) is 23.5 Å². The lowest BCUT2D eigenvalue weighted by Gasteiger charge is -2.22. The fourth-order valence-corrected chi connectivity index (χ4v) is 4.45. The molecular weight excluding hydrogens is 430 g/mol. The molecule has 2 aromatic heterocycles. The van der Waals surface area contributed by atoms with Gasteiger partial charge in [0, 0.05) is 35.5 Å². The van der Waals surface area contributed by atoms with E-state index in [9.17, 15) is 9.18 Å². The minimum absolute atomic E-state index is 0.0430. The van der Waals surface area contributed by atoms with Crippen molar-refractivity contribution in [3.8, 4) is 17.0 Å². The number of urea groups is 1. The first-order chi connectivity index (χ1) is 15.9. The molecule has 10 heteroatoms. The third kappa shape index (κ3) is 3.85. The van der Waals surface area contributed by atoms with Gasteiger partial charge in [0.2, 0.25) is 5.88 Å². The number of hydrogen-bond acceptors (Lipinski definition) is 6. The average molecular weight is 454 g/mol. The molecule has 3 heterocycles. The van der Waals surface area contributed by atoms with E-state index in [1.807, 2.05) is 6.92 Å². The minimum Gasteiger partial charge on any atom is -0.474 e. The van der Waals surface area contributed by atoms with Gasteiger partial charge in [-0.05, 0) is 49.3 Å². The van der Waals surface area contributed by atoms with Crippen LogP contribution < -0.4 is 26.4 Å². The summed E-state index contributed by atoms with van der Waals surface area (Å²) in [5.74, 6) is 0.163. The maximum atomic E-state index is 15.3. The van der Waals surface area contributed by atoms with Gasteiger partial charge in [-0.3, -0.25) is 5.32 Å². The topological polar surface area (TPSA) is 114 Å². The molecule has 2 aliphatic rings. The van der Waals surface area contributed by atoms with Crippen molar-refractivity contribution in [2.45, 2.75) is 38.4 Å². The summed E-state index contributed by atoms with van der Waals surface area (Å²) in [6, 6.07) is 2.23. The van der Waals surface area contributed by atoms with Crippen LogP contribution in [0.15, 0.2) is 24.5 Å². The Labute approximate surface area is 188 Å². The minimum atomic E-state index is -1.04. The number of nitrogens with two attached hydrogens (primary N) is 1. The van der Waals surface area contributed by atoms with Crippen LogP contribution in [0.2, 0.25) is 0 Å². The lowest BCUT2D eigenvalue weighted by atomic mass is 9.97. The van der Waals surface area contributed by atoms with E-state index in [0.29, 0.717) is 48.2 Å². The molecule has 8 nitrogen and oxygen atoms in total. The summed E-state index contributed by atoms with van der Waals surface area (Å²) in [7, 11) is 0. The molecule has 0 saturated heterocycles. The molecule has 3 aromatic rings. The molecule has 5 N–H and O–H groups in total. The van der Waals surface area contributed by atoms with Gasteiger partial charge >= 0.3 is 6.03 Å². The van der Waals surface area contributed by atoms with Gasteiger partial charge in [0.05, 0.1) is 11.7 Å². The second-order valence-corrected chi connectivity index (χ2v) is 8.35. The van der Waals surface area contributed by atoms with Crippen LogP contribution in [0.1, 0.15) is 24.8 Å². The van der Waals surface area contributed by atoms with E-state index in [-0.39, 0.29) is 17.1 Å². The Balaban J connectivity index is 1.48. The number of alkyl halides is 1. The van der Waals surface area contributed by atoms with Gasteiger partial charge in [0.1, 0.15) is 24.3 Å². The number of hydrogen-bond donors (Lipinski definition) is 4. The van der Waals surface area contributed by atoms with Crippen LogP contribution in [-0.2, 0) is 0 Å². The lowest BCUT2D eigenvalue weighted by Crippen LogP contribution is -2.40. The van der Waals surface area contributed by atoms with E-state index in [2.05, 4.69) is 25.9 Å². The molecule has 0 unspecified atom stereocenters. The summed E-state index contributed by atoms with van der Waals surface area (Å²) in [5.41, 5.74) is 8.44. The van der Waals surface area contributed by atoms with Gasteiger partial charge < -0.3 is 21.1 Å². The van der Waals surface area contributed by atoms with E-state index in [4.69, 9.17) is 10.5 Å². The number of halogens is 2. The Morgan fingerprint density at radius 3 is 2.88 bits per heavy atom. The smallest absolute Gasteiger partial charge is 0.320 e. The fourth-order valence-electron chi connectivity index (χ4n) is 4.45. The summed E-state index contributed by atoms with van der Waals surface area (Å²) in [6.45, 7) is 3.01. The highest BCUT2D eigenvalue weighted by Gasteiger charge is 2.28. The number of carbonyl (C=O) groups is 1. The molecule has 1 aliphatic heterocycles. The van der Waals surface area contributed by atoms with E-state index >= 15 is 4.39 Å². The first-order valence-corrected chi connectivity index (χ1v) is 10.9. The van der Waals surface area contributed by atoms with Crippen molar-refractivity contribution in [1.82, 2.24) is 15.3 Å². The van der Waals surface area contributed by atoms with Gasteiger partial charge in [-0.1, -0.05) is 0 Å². The van der Waals surface area contributed by atoms with Crippen LogP contribution in [0.3, 0.4) is 0 Å². The first kappa shape index (κ1) is 21.2. The molecule has 5 rings (SSSR count). The molecule has 1 saturated carbocycles. The van der Waals surface area contributed by atoms with Crippen LogP contribution in [-0.4, -0.2) is 41.4 Å². The maximum Gasteiger partial charge on any atom is 0.320 e. The van der Waals surface area contributed by atoms with Crippen LogP contribution in [0.5, 0.6) is 5.88 Å². The summed E-state index contributed by atoms with van der Waals surface area (Å²) < 4.78 is 34.6. The predicted molar refractivity (Wildman–Crippen MR) is 123 cm³/mol. The Bertz CT molecular complexity index is 1250. The normalized spacial score (nSPS) is 19.5. The van der Waals surface area contributed by atoms with Crippen molar-refractivity contribution in [2.75, 3.05) is 29.5 Å². The molecule has 1 aromatic carbocycles. The summed E-state index contributed by atoms with van der Waals surface area (Å²) in [5, 5.41) is 9.53. The Morgan fingerprint density at radius 2 is 2.09 bits per heavy atom. The van der Waals surface area contributed by atoms with Gasteiger partial charge in [0.15, 0.2) is 5.82 Å². The molecule has 1 aliphatic carbocycles. The summed E-state index contributed by atoms with van der Waals surface area (Å²) >= 11 is 0. The monoisotopic (exact) mass is 454 g/mol. The number of nitrogen functional groups attached to an aromatic ring is 1. The van der Waals surface area contributed by atoms with E-state index in [1.54, 1.807) is 18.3 Å². The molecular formula is C23H24F2N6O2. The van der Waals surface area contributed by atoms with Crippen LogP contribution >= 0.6 is 0 Å². The average Bonchev–Trinajstić information content (AvgIpc) is 3.21. The van der Waals surface area contributed by atoms with Crippen LogP contribution in [0.4, 0.5) is 30.8 Å². The van der Waals surface area contributed by atoms with E-state index < -0.39 is 24.1 Å². The fraction of sp³-hybridized carbons (Fsp3) is 0.348. The SMILES string of the molecule is Cc1c(-c2cc3cc(NC(=O)N[C@@H]4CCC[C@@H]4F)ncc3c(N)c2F)cnc2c1NCCO2. The van der Waals surface area contributed by atoms with Crippen molar-refractivity contribution in [3.63, 3.8) is 0 Å². The van der Waals surface area contributed by atoms with Crippen molar-refractivity contribution in [2.24, 2.45) is 0 Å². The highest BCUT2D eigenvalue weighted by Crippen LogP contribution is 2.39. The number of carbonyl (C=O) groups excluding carboxylic acids is 1. The molecule has 0 spiro atoms. The highest BCUT2D eigenvalue weighted by atomic mass is 19.1. The number of amides is 2. The Kier molecular flexibility index (Phi) is 5.35. The van der Waals surface area contributed by atoms with Crippen molar-refractivity contribution in [1.29, 1.82) is 0 Å². The van der Waals surface area contributed by atoms with Gasteiger partial charge in [-0.2, -0.15) is 0 Å². The molecule has 0 bridgehead atoms. The largest absolute Gasteiger partial charge is 0.474 e. The summed E-state index contributed by atoms with van der Waals surface area (Å²) in [4.78, 5) is 20.8. The number of ether oxygens (including phenoxy) is 1. The molecule has 2 amide bonds. The lowest BCUT2D eigenvalue weighted by molar-refractivity contribution is 0.235. The highest BCUT2D eigenvalue weighted by molar-refractivity contribution is 6.00. The second-order valence-electron chi connectivity index (χ2n) is 8.35. The number of pyridine rings is 2. The maximum absolute atomic E-state index is 15.3. The molecule has 33 heavy (non-hydrogen) atoms. The van der Waals surface area contributed by atoms with Gasteiger partial charge in [-0.15, -0.1) is 0 Å². The van der Waals surface area contributed by atoms with Crippen molar-refractivity contribution < 1.29 is 18.3 Å². The Hall–Kier alpha value is -3.69. The number of nitrogens with zero attached hydrogens (tertiary/aromatic N) is 2. The standard InChI is InChI=1S/C23H24F2N6O2/c1-11-14(9-29-22-21(11)27-5-6-33-22)13-7-12-8-18(28-10-15(12)20(26)19(13)25)31-23(32)30-17-4-2-3-16(17)24/h7-10,16-17,27H,2-6,26H2,1H3,(H2,28,30,31,32)/t16-,17+/m0/s1. The van der Waals surface area contributed by atoms with Crippen molar-refractivity contribution >= 4 is 34.0 Å². The number of benzene rings is 1. The zero-order valence-corrected chi connectivity index (χ0v) is 18.0. The quantitative estimate of drug-likeness (QED) is 0.442. The van der Waals surface area contributed by atoms with E-state index in [0.717, 1.165) is 17.7 Å². The zero-order chi connectivity index (χ0) is 23.1. The third-order valence-electron chi connectivity index (χ3n) is 6.23. The predicted octanol–water partition coefficient (Wildman–Crippen LogP) is 4.14. The zero-order valence-electron chi connectivity index (χ0n) is 18.0. The molecule has 172 valence electrons. The number of nitrogens with one attached hydrogen (secondary N) is 3. The molecule has 1 fully saturated rings. The second kappa shape index (κ2) is 8.34. The van der Waals surface area contributed by atoms with Crippen molar-refractivity contribution in [3.05, 3.63) is 35.9 Å². The molecule has 0 radical (unpaired) electrons. The van der Waals surface area contributed by atoms with E-state index in [1.165, 1.54) is 6.20 Å². The Morgan fingerprint density at radius 1 is 1.24 bits per heavy atom. The first-order valence-electron chi connectivity index (χ1n) is 10.9. The van der Waals surface area contributed by atoms with Crippen LogP contribution in [0, 0.1) is 12.7 Å². The number of fused-ring (bicyclic) bond motifs is 2. The number of rotatable bonds is 3.